The summed E-state index contributed by atoms with van der Waals surface area (Å²) in [5.41, 5.74) is 0.0977. The summed E-state index contributed by atoms with van der Waals surface area (Å²) in [6.07, 6.45) is 5.22. The van der Waals surface area contributed by atoms with E-state index in [1.54, 1.807) is 29.2 Å². The third kappa shape index (κ3) is 2.48. The number of halogens is 1. The molecule has 0 radical (unpaired) electrons. The molecule has 0 bridgehead atoms. The predicted octanol–water partition coefficient (Wildman–Crippen LogP) is 2.22. The van der Waals surface area contributed by atoms with Crippen molar-refractivity contribution in [1.29, 1.82) is 0 Å². The smallest absolute Gasteiger partial charge is 0.399 e. The average Bonchev–Trinajstić information content (AvgIpc) is 2.94. The van der Waals surface area contributed by atoms with Gasteiger partial charge >= 0.3 is 7.12 Å². The van der Waals surface area contributed by atoms with Gasteiger partial charge in [-0.2, -0.15) is 5.10 Å². The van der Waals surface area contributed by atoms with Crippen molar-refractivity contribution in [2.75, 3.05) is 0 Å². The van der Waals surface area contributed by atoms with Gasteiger partial charge in [0.1, 0.15) is 0 Å². The van der Waals surface area contributed by atoms with Crippen LogP contribution in [0.3, 0.4) is 0 Å². The molecule has 0 atom stereocenters. The fourth-order valence-electron chi connectivity index (χ4n) is 2.10. The Labute approximate surface area is 129 Å². The molecular weight excluding hydrogens is 288 g/mol. The molecule has 7 heteroatoms. The van der Waals surface area contributed by atoms with E-state index in [-0.39, 0.29) is 11.2 Å². The van der Waals surface area contributed by atoms with Crippen molar-refractivity contribution in [2.45, 2.75) is 38.9 Å². The zero-order chi connectivity index (χ0) is 15.3. The summed E-state index contributed by atoms with van der Waals surface area (Å²) in [5.74, 6) is 0.585. The maximum Gasteiger partial charge on any atom is 0.498 e. The number of nitrogens with zero attached hydrogens (tertiary/aromatic N) is 3. The average molecular weight is 306 g/mol. The van der Waals surface area contributed by atoms with Crippen LogP contribution < -0.4 is 5.46 Å². The quantitative estimate of drug-likeness (QED) is 0.798. The van der Waals surface area contributed by atoms with Gasteiger partial charge in [-0.25, -0.2) is 9.67 Å². The van der Waals surface area contributed by atoms with Gasteiger partial charge in [0, 0.05) is 24.1 Å². The van der Waals surface area contributed by atoms with Crippen molar-refractivity contribution in [3.63, 3.8) is 0 Å². The zero-order valence-corrected chi connectivity index (χ0v) is 13.3. The van der Waals surface area contributed by atoms with E-state index in [4.69, 9.17) is 20.9 Å². The first-order chi connectivity index (χ1) is 9.80. The highest BCUT2D eigenvalue weighted by molar-refractivity contribution is 6.62. The van der Waals surface area contributed by atoms with Crippen molar-refractivity contribution in [2.24, 2.45) is 0 Å². The highest BCUT2D eigenvalue weighted by Gasteiger charge is 2.52. The maximum absolute atomic E-state index is 6.13. The van der Waals surface area contributed by atoms with E-state index in [0.717, 1.165) is 5.46 Å². The number of hydrogen-bond acceptors (Lipinski definition) is 4. The molecule has 110 valence electrons. The van der Waals surface area contributed by atoms with Crippen LogP contribution in [0, 0.1) is 0 Å². The Morgan fingerprint density at radius 2 is 1.86 bits per heavy atom. The highest BCUT2D eigenvalue weighted by Crippen LogP contribution is 2.36. The van der Waals surface area contributed by atoms with Gasteiger partial charge in [-0.05, 0) is 39.8 Å². The summed E-state index contributed by atoms with van der Waals surface area (Å²) in [7, 11) is -0.439. The number of pyridine rings is 1. The molecule has 0 unspecified atom stereocenters. The molecule has 0 saturated carbocycles. The fraction of sp³-hybridized carbons (Fsp3) is 0.429. The van der Waals surface area contributed by atoms with E-state index in [2.05, 4.69) is 10.1 Å². The van der Waals surface area contributed by atoms with E-state index in [9.17, 15) is 0 Å². The first-order valence-corrected chi connectivity index (χ1v) is 7.19. The van der Waals surface area contributed by atoms with Crippen LogP contribution in [0.2, 0.25) is 5.02 Å². The molecule has 3 rings (SSSR count). The predicted molar refractivity (Wildman–Crippen MR) is 82.1 cm³/mol. The summed E-state index contributed by atoms with van der Waals surface area (Å²) in [4.78, 5) is 4.23. The third-order valence-electron chi connectivity index (χ3n) is 4.08. The first kappa shape index (κ1) is 14.6. The van der Waals surface area contributed by atoms with Crippen molar-refractivity contribution < 1.29 is 9.31 Å². The topological polar surface area (TPSA) is 49.2 Å². The van der Waals surface area contributed by atoms with Crippen LogP contribution in [-0.2, 0) is 9.31 Å². The lowest BCUT2D eigenvalue weighted by Gasteiger charge is -2.32. The van der Waals surface area contributed by atoms with Crippen LogP contribution >= 0.6 is 11.6 Å². The summed E-state index contributed by atoms with van der Waals surface area (Å²) >= 11 is 6.13. The van der Waals surface area contributed by atoms with Crippen molar-refractivity contribution >= 4 is 24.2 Å². The lowest BCUT2D eigenvalue weighted by atomic mass is 9.82. The summed E-state index contributed by atoms with van der Waals surface area (Å²) in [5, 5.41) is 4.84. The molecule has 1 saturated heterocycles. The standard InChI is InChI=1S/C14H17BClN3O2/c1-13(2)14(3,4)21-15(20-13)10-8-18-19(9-10)12-11(16)6-5-7-17-12/h5-9H,1-4H3. The molecule has 2 aromatic heterocycles. The Hall–Kier alpha value is -1.37. The van der Waals surface area contributed by atoms with Crippen LogP contribution in [0.5, 0.6) is 0 Å². The summed E-state index contributed by atoms with van der Waals surface area (Å²) in [6, 6.07) is 3.56. The lowest BCUT2D eigenvalue weighted by Crippen LogP contribution is -2.41. The van der Waals surface area contributed by atoms with Crippen LogP contribution in [0.1, 0.15) is 27.7 Å². The Balaban J connectivity index is 1.89. The number of aromatic nitrogens is 3. The summed E-state index contributed by atoms with van der Waals surface area (Å²) < 4.78 is 13.6. The van der Waals surface area contributed by atoms with Crippen molar-refractivity contribution in [1.82, 2.24) is 14.8 Å². The van der Waals surface area contributed by atoms with Crippen LogP contribution in [-0.4, -0.2) is 33.1 Å². The molecule has 0 aliphatic carbocycles. The van der Waals surface area contributed by atoms with Gasteiger partial charge in [0.15, 0.2) is 5.82 Å². The molecule has 2 aromatic rings. The van der Waals surface area contributed by atoms with Gasteiger partial charge in [0.25, 0.3) is 0 Å². The monoisotopic (exact) mass is 305 g/mol. The molecule has 5 nitrogen and oxygen atoms in total. The van der Waals surface area contributed by atoms with Crippen molar-refractivity contribution in [3.8, 4) is 5.82 Å². The molecule has 0 spiro atoms. The van der Waals surface area contributed by atoms with E-state index >= 15 is 0 Å². The molecule has 3 heterocycles. The Morgan fingerprint density at radius 3 is 2.48 bits per heavy atom. The van der Waals surface area contributed by atoms with Gasteiger partial charge in [0.05, 0.1) is 16.2 Å². The second-order valence-electron chi connectivity index (χ2n) is 6.12. The van der Waals surface area contributed by atoms with Crippen molar-refractivity contribution in [3.05, 3.63) is 35.7 Å². The largest absolute Gasteiger partial charge is 0.498 e. The second-order valence-corrected chi connectivity index (χ2v) is 6.52. The van der Waals surface area contributed by atoms with E-state index in [1.807, 2.05) is 33.9 Å². The molecule has 1 aliphatic heterocycles. The molecule has 0 aromatic carbocycles. The van der Waals surface area contributed by atoms with Gasteiger partial charge in [-0.15, -0.1) is 0 Å². The molecule has 1 fully saturated rings. The van der Waals surface area contributed by atoms with Crippen LogP contribution in [0.25, 0.3) is 5.82 Å². The molecular formula is C14H17BClN3O2. The van der Waals surface area contributed by atoms with Crippen LogP contribution in [0.15, 0.2) is 30.7 Å². The lowest BCUT2D eigenvalue weighted by molar-refractivity contribution is 0.00578. The normalized spacial score (nSPS) is 20.0. The minimum Gasteiger partial charge on any atom is -0.399 e. The summed E-state index contributed by atoms with van der Waals surface area (Å²) in [6.45, 7) is 8.08. The van der Waals surface area contributed by atoms with E-state index in [1.165, 1.54) is 0 Å². The number of rotatable bonds is 2. The SMILES string of the molecule is CC1(C)OB(c2cnn(-c3ncccc3Cl)c2)OC1(C)C. The van der Waals surface area contributed by atoms with Gasteiger partial charge in [0.2, 0.25) is 0 Å². The molecule has 0 N–H and O–H groups in total. The molecule has 0 amide bonds. The fourth-order valence-corrected chi connectivity index (χ4v) is 2.31. The van der Waals surface area contributed by atoms with E-state index in [0.29, 0.717) is 10.8 Å². The van der Waals surface area contributed by atoms with Gasteiger partial charge in [-0.3, -0.25) is 0 Å². The Morgan fingerprint density at radius 1 is 1.19 bits per heavy atom. The number of hydrogen-bond donors (Lipinski definition) is 0. The highest BCUT2D eigenvalue weighted by atomic mass is 35.5. The Kier molecular flexibility index (Phi) is 3.35. The first-order valence-electron chi connectivity index (χ1n) is 6.81. The zero-order valence-electron chi connectivity index (χ0n) is 12.5. The molecule has 1 aliphatic rings. The molecule has 21 heavy (non-hydrogen) atoms. The second kappa shape index (κ2) is 4.83. The van der Waals surface area contributed by atoms with Gasteiger partial charge < -0.3 is 9.31 Å². The minimum absolute atomic E-state index is 0.373. The third-order valence-corrected chi connectivity index (χ3v) is 4.38. The Bertz CT molecular complexity index is 656. The minimum atomic E-state index is -0.439. The van der Waals surface area contributed by atoms with E-state index < -0.39 is 7.12 Å². The van der Waals surface area contributed by atoms with Crippen LogP contribution in [0.4, 0.5) is 0 Å². The maximum atomic E-state index is 6.13. The van der Waals surface area contributed by atoms with Gasteiger partial charge in [-0.1, -0.05) is 11.6 Å².